The molecule has 136 valence electrons. The third-order valence-electron chi connectivity index (χ3n) is 6.48. The van der Waals surface area contributed by atoms with Crippen LogP contribution >= 0.6 is 11.6 Å². The second-order valence-corrected chi connectivity index (χ2v) is 8.82. The van der Waals surface area contributed by atoms with Gasteiger partial charge in [0.15, 0.2) is 0 Å². The summed E-state index contributed by atoms with van der Waals surface area (Å²) in [7, 11) is 0. The van der Waals surface area contributed by atoms with Gasteiger partial charge in [0, 0.05) is 16.0 Å². The van der Waals surface area contributed by atoms with Gasteiger partial charge in [-0.1, -0.05) is 11.6 Å². The van der Waals surface area contributed by atoms with Gasteiger partial charge >= 0.3 is 0 Å². The van der Waals surface area contributed by atoms with Crippen molar-refractivity contribution < 1.29 is 9.21 Å². The van der Waals surface area contributed by atoms with Crippen molar-refractivity contribution >= 4 is 17.5 Å². The molecule has 0 radical (unpaired) electrons. The number of benzene rings is 1. The van der Waals surface area contributed by atoms with Crippen molar-refractivity contribution in [1.29, 1.82) is 0 Å². The third kappa shape index (κ3) is 2.82. The predicted molar refractivity (Wildman–Crippen MR) is 97.2 cm³/mol. The van der Waals surface area contributed by atoms with E-state index < -0.39 is 0 Å². The molecule has 1 heterocycles. The van der Waals surface area contributed by atoms with Gasteiger partial charge in [0.1, 0.15) is 0 Å². The van der Waals surface area contributed by atoms with Crippen molar-refractivity contribution in [2.24, 2.45) is 23.2 Å². The molecule has 0 atom stereocenters. The van der Waals surface area contributed by atoms with Gasteiger partial charge in [-0.05, 0) is 80.5 Å². The lowest BCUT2D eigenvalue weighted by molar-refractivity contribution is -0.146. The number of hydrogen-bond donors (Lipinski definition) is 1. The van der Waals surface area contributed by atoms with Crippen LogP contribution in [0.15, 0.2) is 28.7 Å². The highest BCUT2D eigenvalue weighted by atomic mass is 35.5. The molecule has 4 aliphatic carbocycles. The van der Waals surface area contributed by atoms with E-state index in [9.17, 15) is 4.79 Å². The molecule has 5 nitrogen and oxygen atoms in total. The van der Waals surface area contributed by atoms with Crippen LogP contribution < -0.4 is 5.32 Å². The van der Waals surface area contributed by atoms with E-state index in [0.717, 1.165) is 42.6 Å². The van der Waals surface area contributed by atoms with Crippen LogP contribution in [0.5, 0.6) is 0 Å². The highest BCUT2D eigenvalue weighted by Crippen LogP contribution is 2.60. The fraction of sp³-hybridized carbons (Fsp3) is 0.550. The summed E-state index contributed by atoms with van der Waals surface area (Å²) in [6.07, 6.45) is 7.18. The molecule has 4 fully saturated rings. The molecule has 0 spiro atoms. The van der Waals surface area contributed by atoms with Gasteiger partial charge in [-0.25, -0.2) is 0 Å². The smallest absolute Gasteiger partial charge is 0.247 e. The SMILES string of the molecule is O=C(NCc1nnc(-c2ccc(Cl)cc2)o1)C12CC3CC(CC(C3)C1)C2. The topological polar surface area (TPSA) is 68.0 Å². The van der Waals surface area contributed by atoms with Crippen molar-refractivity contribution in [3.8, 4) is 11.5 Å². The molecular formula is C20H22ClN3O2. The lowest BCUT2D eigenvalue weighted by Crippen LogP contribution is -2.53. The quantitative estimate of drug-likeness (QED) is 0.873. The summed E-state index contributed by atoms with van der Waals surface area (Å²) in [4.78, 5) is 13.0. The summed E-state index contributed by atoms with van der Waals surface area (Å²) < 4.78 is 5.70. The molecule has 0 saturated heterocycles. The first kappa shape index (κ1) is 16.3. The second-order valence-electron chi connectivity index (χ2n) is 8.39. The zero-order chi connectivity index (χ0) is 17.7. The zero-order valence-corrected chi connectivity index (χ0v) is 15.3. The second kappa shape index (κ2) is 6.08. The number of aromatic nitrogens is 2. The fourth-order valence-corrected chi connectivity index (χ4v) is 5.89. The Bertz CT molecular complexity index is 795. The lowest BCUT2D eigenvalue weighted by atomic mass is 9.49. The minimum Gasteiger partial charge on any atom is -0.419 e. The summed E-state index contributed by atoms with van der Waals surface area (Å²) in [5.74, 6) is 3.34. The van der Waals surface area contributed by atoms with Gasteiger partial charge < -0.3 is 9.73 Å². The minimum absolute atomic E-state index is 0.145. The van der Waals surface area contributed by atoms with E-state index in [1.807, 2.05) is 12.1 Å². The van der Waals surface area contributed by atoms with Crippen LogP contribution in [0.2, 0.25) is 5.02 Å². The van der Waals surface area contributed by atoms with E-state index in [-0.39, 0.29) is 11.3 Å². The predicted octanol–water partition coefficient (Wildman–Crippen LogP) is 4.22. The molecule has 4 saturated carbocycles. The number of nitrogens with zero attached hydrogens (tertiary/aromatic N) is 2. The van der Waals surface area contributed by atoms with Crippen LogP contribution in [0.4, 0.5) is 0 Å². The first-order valence-corrected chi connectivity index (χ1v) is 9.84. The highest BCUT2D eigenvalue weighted by Gasteiger charge is 2.54. The van der Waals surface area contributed by atoms with E-state index in [1.54, 1.807) is 12.1 Å². The number of carbonyl (C=O) groups excluding carboxylic acids is 1. The van der Waals surface area contributed by atoms with Gasteiger partial charge in [-0.3, -0.25) is 4.79 Å². The van der Waals surface area contributed by atoms with E-state index in [0.29, 0.717) is 23.3 Å². The van der Waals surface area contributed by atoms with Gasteiger partial charge in [0.25, 0.3) is 0 Å². The standard InChI is InChI=1S/C20H22ClN3O2/c21-16-3-1-15(2-4-16)18-24-23-17(26-18)11-22-19(25)20-8-12-5-13(9-20)7-14(6-12)10-20/h1-4,12-14H,5-11H2,(H,22,25). The Hall–Kier alpha value is -1.88. The molecule has 4 aliphatic rings. The molecule has 0 unspecified atom stereocenters. The zero-order valence-electron chi connectivity index (χ0n) is 14.6. The number of carbonyl (C=O) groups is 1. The number of rotatable bonds is 4. The Morgan fingerprint density at radius 3 is 2.31 bits per heavy atom. The number of hydrogen-bond acceptors (Lipinski definition) is 4. The average molecular weight is 372 g/mol. The molecule has 6 heteroatoms. The summed E-state index contributed by atoms with van der Waals surface area (Å²) >= 11 is 5.90. The summed E-state index contributed by atoms with van der Waals surface area (Å²) in [6.45, 7) is 0.293. The van der Waals surface area contributed by atoms with Crippen molar-refractivity contribution in [2.45, 2.75) is 45.1 Å². The number of nitrogens with one attached hydrogen (secondary N) is 1. The number of halogens is 1. The Balaban J connectivity index is 1.25. The molecule has 1 aromatic carbocycles. The minimum atomic E-state index is -0.145. The summed E-state index contributed by atoms with van der Waals surface area (Å²) in [6, 6.07) is 7.26. The maximum Gasteiger partial charge on any atom is 0.247 e. The Labute approximate surface area is 157 Å². The van der Waals surface area contributed by atoms with Gasteiger partial charge in [0.2, 0.25) is 17.7 Å². The Morgan fingerprint density at radius 2 is 1.69 bits per heavy atom. The maximum absolute atomic E-state index is 13.0. The first-order chi connectivity index (χ1) is 12.6. The van der Waals surface area contributed by atoms with E-state index in [2.05, 4.69) is 15.5 Å². The molecule has 0 aliphatic heterocycles. The molecular weight excluding hydrogens is 350 g/mol. The highest BCUT2D eigenvalue weighted by molar-refractivity contribution is 6.30. The van der Waals surface area contributed by atoms with Crippen molar-refractivity contribution in [1.82, 2.24) is 15.5 Å². The van der Waals surface area contributed by atoms with Crippen LogP contribution in [-0.4, -0.2) is 16.1 Å². The first-order valence-electron chi connectivity index (χ1n) is 9.46. The average Bonchev–Trinajstić information content (AvgIpc) is 3.08. The normalized spacial score (nSPS) is 32.0. The summed E-state index contributed by atoms with van der Waals surface area (Å²) in [5.41, 5.74) is 0.675. The van der Waals surface area contributed by atoms with Crippen molar-refractivity contribution in [3.63, 3.8) is 0 Å². The van der Waals surface area contributed by atoms with Crippen LogP contribution in [0.25, 0.3) is 11.5 Å². The molecule has 26 heavy (non-hydrogen) atoms. The van der Waals surface area contributed by atoms with Gasteiger partial charge in [-0.2, -0.15) is 0 Å². The van der Waals surface area contributed by atoms with E-state index in [1.165, 1.54) is 19.3 Å². The molecule has 1 aromatic heterocycles. The van der Waals surface area contributed by atoms with E-state index in [4.69, 9.17) is 16.0 Å². The van der Waals surface area contributed by atoms with Crippen LogP contribution in [0.1, 0.15) is 44.4 Å². The third-order valence-corrected chi connectivity index (χ3v) is 6.73. The monoisotopic (exact) mass is 371 g/mol. The fourth-order valence-electron chi connectivity index (χ4n) is 5.77. The Morgan fingerprint density at radius 1 is 1.08 bits per heavy atom. The van der Waals surface area contributed by atoms with Crippen LogP contribution in [0, 0.1) is 23.2 Å². The van der Waals surface area contributed by atoms with Gasteiger partial charge in [0.05, 0.1) is 6.54 Å². The van der Waals surface area contributed by atoms with E-state index >= 15 is 0 Å². The molecule has 1 amide bonds. The Kier molecular flexibility index (Phi) is 3.82. The lowest BCUT2D eigenvalue weighted by Gasteiger charge is -2.55. The number of amides is 1. The molecule has 6 rings (SSSR count). The summed E-state index contributed by atoms with van der Waals surface area (Å²) in [5, 5.41) is 11.9. The van der Waals surface area contributed by atoms with Crippen molar-refractivity contribution in [2.75, 3.05) is 0 Å². The van der Waals surface area contributed by atoms with Crippen LogP contribution in [0.3, 0.4) is 0 Å². The van der Waals surface area contributed by atoms with Gasteiger partial charge in [-0.15, -0.1) is 10.2 Å². The molecule has 4 bridgehead atoms. The molecule has 1 N–H and O–H groups in total. The molecule has 2 aromatic rings. The van der Waals surface area contributed by atoms with Crippen LogP contribution in [-0.2, 0) is 11.3 Å². The maximum atomic E-state index is 13.0. The van der Waals surface area contributed by atoms with Crippen molar-refractivity contribution in [3.05, 3.63) is 35.2 Å². The largest absolute Gasteiger partial charge is 0.419 e.